The van der Waals surface area contributed by atoms with Gasteiger partial charge in [0.05, 0.1) is 0 Å². The third-order valence-corrected chi connectivity index (χ3v) is 1.78. The molecule has 100 valence electrons. The first-order valence-corrected chi connectivity index (χ1v) is 3.76. The maximum absolute atomic E-state index is 12.6. The summed E-state index contributed by atoms with van der Waals surface area (Å²) in [6.07, 6.45) is -21.6. The largest absolute Gasteiger partial charge is 0.509 e. The predicted molar refractivity (Wildman–Crippen MR) is 32.2 cm³/mol. The van der Waals surface area contributed by atoms with Gasteiger partial charge in [-0.05, 0) is 0 Å². The van der Waals surface area contributed by atoms with Crippen molar-refractivity contribution < 1.29 is 49.4 Å². The van der Waals surface area contributed by atoms with Crippen LogP contribution in [-0.2, 0) is 9.47 Å². The molecule has 0 aromatic heterocycles. The van der Waals surface area contributed by atoms with Gasteiger partial charge in [0.2, 0.25) is 12.2 Å². The Kier molecular flexibility index (Phi) is 2.92. The molecule has 0 bridgehead atoms. The van der Waals surface area contributed by atoms with Crippen LogP contribution in [0.4, 0.5) is 39.9 Å². The van der Waals surface area contributed by atoms with Gasteiger partial charge in [-0.2, -0.15) is 35.1 Å². The molecule has 0 spiro atoms. The van der Waals surface area contributed by atoms with E-state index in [2.05, 4.69) is 9.47 Å². The van der Waals surface area contributed by atoms with Crippen molar-refractivity contribution in [1.29, 1.82) is 0 Å². The van der Waals surface area contributed by atoms with Crippen LogP contribution < -0.4 is 0 Å². The summed E-state index contributed by atoms with van der Waals surface area (Å²) >= 11 is 0. The molecule has 1 aliphatic rings. The van der Waals surface area contributed by atoms with Crippen molar-refractivity contribution in [2.75, 3.05) is 0 Å². The molecule has 11 heteroatoms. The monoisotopic (exact) mass is 274 g/mol. The first kappa shape index (κ1) is 13.8. The van der Waals surface area contributed by atoms with Crippen LogP contribution in [0.15, 0.2) is 0 Å². The second kappa shape index (κ2) is 3.60. The van der Waals surface area contributed by atoms with Crippen molar-refractivity contribution in [2.24, 2.45) is 0 Å². The Morgan fingerprint density at radius 2 is 1.24 bits per heavy atom. The van der Waals surface area contributed by atoms with E-state index in [0.717, 1.165) is 0 Å². The normalized spacial score (nSPS) is 26.7. The number of hydrogen-bond donors (Lipinski definition) is 0. The lowest BCUT2D eigenvalue weighted by molar-refractivity contribution is -0.326. The fourth-order valence-electron chi connectivity index (χ4n) is 1.02. The molecule has 1 fully saturated rings. The molecule has 1 heterocycles. The van der Waals surface area contributed by atoms with Crippen LogP contribution in [0.2, 0.25) is 0 Å². The summed E-state index contributed by atoms with van der Waals surface area (Å²) in [5.74, 6) is -5.86. The fourth-order valence-corrected chi connectivity index (χ4v) is 1.02. The average molecular weight is 274 g/mol. The molecule has 0 radical (unpaired) electrons. The van der Waals surface area contributed by atoms with Gasteiger partial charge in [0.15, 0.2) is 0 Å². The summed E-state index contributed by atoms with van der Waals surface area (Å²) in [4.78, 5) is 10.2. The van der Waals surface area contributed by atoms with Crippen molar-refractivity contribution in [3.05, 3.63) is 0 Å². The van der Waals surface area contributed by atoms with E-state index in [1.165, 1.54) is 0 Å². The van der Waals surface area contributed by atoms with Gasteiger partial charge in [-0.25, -0.2) is 4.79 Å². The molecular weight excluding hydrogens is 272 g/mol. The van der Waals surface area contributed by atoms with Crippen molar-refractivity contribution in [3.8, 4) is 0 Å². The Morgan fingerprint density at radius 1 is 0.824 bits per heavy atom. The molecular formula is C6H2F8O3. The standard InChI is InChI=1S/C6H2F8O3/c7-4(8,6(12,13)14)1-2(5(9,10)11)17-3(15)16-1/h1-2H. The molecule has 2 unspecified atom stereocenters. The number of cyclic esters (lactones) is 2. The number of carbonyl (C=O) groups excluding carboxylic acids is 1. The first-order valence-electron chi connectivity index (χ1n) is 3.76. The Balaban J connectivity index is 3.08. The third-order valence-electron chi connectivity index (χ3n) is 1.78. The van der Waals surface area contributed by atoms with E-state index in [4.69, 9.17) is 0 Å². The minimum atomic E-state index is -6.30. The van der Waals surface area contributed by atoms with E-state index in [1.807, 2.05) is 0 Å². The van der Waals surface area contributed by atoms with E-state index >= 15 is 0 Å². The second-order valence-electron chi connectivity index (χ2n) is 2.99. The van der Waals surface area contributed by atoms with Gasteiger partial charge in [-0.3, -0.25) is 0 Å². The van der Waals surface area contributed by atoms with Gasteiger partial charge in [0.1, 0.15) is 0 Å². The van der Waals surface area contributed by atoms with Crippen LogP contribution >= 0.6 is 0 Å². The zero-order chi connectivity index (χ0) is 13.6. The maximum Gasteiger partial charge on any atom is 0.509 e. The average Bonchev–Trinajstić information content (AvgIpc) is 2.44. The second-order valence-corrected chi connectivity index (χ2v) is 2.99. The van der Waals surface area contributed by atoms with Crippen LogP contribution in [0.3, 0.4) is 0 Å². The van der Waals surface area contributed by atoms with Gasteiger partial charge in [-0.15, -0.1) is 0 Å². The quantitative estimate of drug-likeness (QED) is 0.544. The minimum absolute atomic E-state index is 2.23. The fraction of sp³-hybridized carbons (Fsp3) is 0.833. The van der Waals surface area contributed by atoms with Crippen molar-refractivity contribution >= 4 is 6.16 Å². The number of hydrogen-bond acceptors (Lipinski definition) is 3. The molecule has 0 aliphatic carbocycles. The SMILES string of the molecule is O=C1OC(C(F)(F)F)C(C(F)(F)C(F)(F)F)O1. The lowest BCUT2D eigenvalue weighted by Gasteiger charge is -2.27. The van der Waals surface area contributed by atoms with Gasteiger partial charge in [0.25, 0.3) is 0 Å². The summed E-state index contributed by atoms with van der Waals surface area (Å²) in [5.41, 5.74) is 0. The lowest BCUT2D eigenvalue weighted by Crippen LogP contribution is -2.55. The first-order chi connectivity index (χ1) is 7.37. The van der Waals surface area contributed by atoms with Gasteiger partial charge >= 0.3 is 24.4 Å². The van der Waals surface area contributed by atoms with Crippen LogP contribution in [0.1, 0.15) is 0 Å². The number of ether oxygens (including phenoxy) is 2. The molecule has 1 rings (SSSR count). The van der Waals surface area contributed by atoms with Crippen LogP contribution in [0.25, 0.3) is 0 Å². The van der Waals surface area contributed by atoms with Crippen LogP contribution in [0.5, 0.6) is 0 Å². The van der Waals surface area contributed by atoms with Gasteiger partial charge < -0.3 is 9.47 Å². The highest BCUT2D eigenvalue weighted by molar-refractivity contribution is 5.63. The van der Waals surface area contributed by atoms with E-state index < -0.39 is 36.6 Å². The molecule has 0 amide bonds. The Morgan fingerprint density at radius 3 is 1.59 bits per heavy atom. The smallest absolute Gasteiger partial charge is 0.420 e. The Hall–Kier alpha value is -1.29. The summed E-state index contributed by atoms with van der Waals surface area (Å²) in [5, 5.41) is 0. The molecule has 0 aromatic carbocycles. The van der Waals surface area contributed by atoms with E-state index in [9.17, 15) is 39.9 Å². The molecule has 17 heavy (non-hydrogen) atoms. The molecule has 0 N–H and O–H groups in total. The van der Waals surface area contributed by atoms with Crippen LogP contribution in [-0.4, -0.2) is 36.6 Å². The summed E-state index contributed by atoms with van der Waals surface area (Å²) in [6.45, 7) is 0. The van der Waals surface area contributed by atoms with E-state index in [1.54, 1.807) is 0 Å². The molecule has 1 saturated heterocycles. The highest BCUT2D eigenvalue weighted by Gasteiger charge is 2.73. The van der Waals surface area contributed by atoms with Gasteiger partial charge in [0, 0.05) is 0 Å². The number of halogens is 8. The topological polar surface area (TPSA) is 35.5 Å². The van der Waals surface area contributed by atoms with Crippen molar-refractivity contribution in [1.82, 2.24) is 0 Å². The number of rotatable bonds is 1. The highest BCUT2D eigenvalue weighted by Crippen LogP contribution is 2.46. The zero-order valence-corrected chi connectivity index (χ0v) is 7.40. The number of carbonyl (C=O) groups is 1. The van der Waals surface area contributed by atoms with E-state index in [-0.39, 0.29) is 0 Å². The zero-order valence-electron chi connectivity index (χ0n) is 7.40. The molecule has 0 saturated carbocycles. The minimum Gasteiger partial charge on any atom is -0.420 e. The van der Waals surface area contributed by atoms with Crippen molar-refractivity contribution in [3.63, 3.8) is 0 Å². The molecule has 3 nitrogen and oxygen atoms in total. The van der Waals surface area contributed by atoms with E-state index in [0.29, 0.717) is 0 Å². The predicted octanol–water partition coefficient (Wildman–Crippen LogP) is 2.65. The van der Waals surface area contributed by atoms with Gasteiger partial charge in [-0.1, -0.05) is 0 Å². The van der Waals surface area contributed by atoms with Crippen molar-refractivity contribution in [2.45, 2.75) is 30.5 Å². The summed E-state index contributed by atoms with van der Waals surface area (Å²) in [7, 11) is 0. The number of alkyl halides is 8. The third kappa shape index (κ3) is 2.36. The Bertz CT molecular complexity index is 318. The Labute approximate surface area is 87.3 Å². The lowest BCUT2D eigenvalue weighted by atomic mass is 10.1. The maximum atomic E-state index is 12.6. The summed E-state index contributed by atoms with van der Waals surface area (Å²) in [6, 6.07) is 0. The molecule has 2 atom stereocenters. The van der Waals surface area contributed by atoms with Crippen LogP contribution in [0, 0.1) is 0 Å². The highest BCUT2D eigenvalue weighted by atomic mass is 19.4. The molecule has 0 aromatic rings. The molecule has 1 aliphatic heterocycles. The summed E-state index contributed by atoms with van der Waals surface area (Å²) < 4.78 is 103.